The first-order valence-electron chi connectivity index (χ1n) is 4.11. The molecule has 0 atom stereocenters. The second kappa shape index (κ2) is 5.39. The number of rotatable bonds is 5. The third-order valence-electron chi connectivity index (χ3n) is 1.53. The van der Waals surface area contributed by atoms with Crippen LogP contribution in [-0.4, -0.2) is 23.7 Å². The Hall–Kier alpha value is -1.36. The molecule has 1 aromatic rings. The average molecular weight is 214 g/mol. The molecule has 1 heterocycles. The van der Waals surface area contributed by atoms with Crippen LogP contribution in [0.2, 0.25) is 0 Å². The lowest BCUT2D eigenvalue weighted by molar-refractivity contribution is -0.137. The van der Waals surface area contributed by atoms with E-state index in [1.54, 1.807) is 16.8 Å². The number of aliphatic carboxylic acids is 1. The van der Waals surface area contributed by atoms with Crippen LogP contribution in [0, 0.1) is 0 Å². The summed E-state index contributed by atoms with van der Waals surface area (Å²) in [5, 5.41) is 11.8. The third kappa shape index (κ3) is 3.57. The molecule has 1 aromatic heterocycles. The average Bonchev–Trinajstić information content (AvgIpc) is 2.64. The smallest absolute Gasteiger partial charge is 0.338 e. The lowest BCUT2D eigenvalue weighted by atomic mass is 10.3. The molecule has 1 rings (SSSR count). The second-order valence-electron chi connectivity index (χ2n) is 2.65. The minimum atomic E-state index is -0.878. The van der Waals surface area contributed by atoms with Crippen LogP contribution in [0.1, 0.15) is 23.2 Å². The van der Waals surface area contributed by atoms with Gasteiger partial charge >= 0.3 is 11.9 Å². The lowest BCUT2D eigenvalue weighted by Gasteiger charge is -2.00. The van der Waals surface area contributed by atoms with E-state index in [9.17, 15) is 9.59 Å². The number of carboxylic acid groups (broad SMARTS) is 1. The Morgan fingerprint density at radius 1 is 1.50 bits per heavy atom. The summed E-state index contributed by atoms with van der Waals surface area (Å²) in [6, 6.07) is 1.67. The number of thiophene rings is 1. The Kier molecular flexibility index (Phi) is 4.12. The second-order valence-corrected chi connectivity index (χ2v) is 3.43. The SMILES string of the molecule is O=C(O)CCCOC(=O)c1ccsc1. The molecule has 0 radical (unpaired) electrons. The molecule has 1 N–H and O–H groups in total. The van der Waals surface area contributed by atoms with Gasteiger partial charge in [0, 0.05) is 11.8 Å². The van der Waals surface area contributed by atoms with Gasteiger partial charge in [-0.1, -0.05) is 0 Å². The van der Waals surface area contributed by atoms with Gasteiger partial charge in [0.1, 0.15) is 0 Å². The molecule has 0 spiro atoms. The molecule has 0 aromatic carbocycles. The van der Waals surface area contributed by atoms with E-state index >= 15 is 0 Å². The maximum Gasteiger partial charge on any atom is 0.338 e. The Bertz CT molecular complexity index is 305. The molecule has 0 fully saturated rings. The maximum atomic E-state index is 11.2. The van der Waals surface area contributed by atoms with Crippen molar-refractivity contribution in [3.63, 3.8) is 0 Å². The molecular formula is C9H10O4S. The van der Waals surface area contributed by atoms with Crippen LogP contribution in [-0.2, 0) is 9.53 Å². The molecule has 14 heavy (non-hydrogen) atoms. The van der Waals surface area contributed by atoms with Gasteiger partial charge in [-0.25, -0.2) is 4.79 Å². The van der Waals surface area contributed by atoms with Crippen molar-refractivity contribution in [1.29, 1.82) is 0 Å². The van der Waals surface area contributed by atoms with Crippen LogP contribution in [0.3, 0.4) is 0 Å². The highest BCUT2D eigenvalue weighted by Gasteiger charge is 2.06. The predicted octanol–water partition coefficient (Wildman–Crippen LogP) is 1.77. The molecule has 0 aliphatic rings. The van der Waals surface area contributed by atoms with E-state index in [4.69, 9.17) is 9.84 Å². The largest absolute Gasteiger partial charge is 0.481 e. The highest BCUT2D eigenvalue weighted by molar-refractivity contribution is 7.08. The lowest BCUT2D eigenvalue weighted by Crippen LogP contribution is -2.06. The number of carbonyl (C=O) groups excluding carboxylic acids is 1. The Balaban J connectivity index is 2.19. The predicted molar refractivity (Wildman–Crippen MR) is 51.5 cm³/mol. The summed E-state index contributed by atoms with van der Waals surface area (Å²) in [4.78, 5) is 21.3. The molecule has 0 aliphatic heterocycles. The van der Waals surface area contributed by atoms with E-state index in [0.29, 0.717) is 12.0 Å². The van der Waals surface area contributed by atoms with Crippen LogP contribution in [0.25, 0.3) is 0 Å². The quantitative estimate of drug-likeness (QED) is 0.599. The van der Waals surface area contributed by atoms with Crippen LogP contribution in [0.4, 0.5) is 0 Å². The normalized spacial score (nSPS) is 9.71. The van der Waals surface area contributed by atoms with Crippen molar-refractivity contribution in [2.75, 3.05) is 6.61 Å². The van der Waals surface area contributed by atoms with Crippen molar-refractivity contribution < 1.29 is 19.4 Å². The zero-order valence-corrected chi connectivity index (χ0v) is 8.25. The zero-order chi connectivity index (χ0) is 10.4. The number of carbonyl (C=O) groups is 2. The number of ether oxygens (including phenoxy) is 1. The topological polar surface area (TPSA) is 63.6 Å². The Morgan fingerprint density at radius 2 is 2.29 bits per heavy atom. The first-order valence-corrected chi connectivity index (χ1v) is 5.05. The van der Waals surface area contributed by atoms with Crippen LogP contribution >= 0.6 is 11.3 Å². The molecule has 0 saturated heterocycles. The minimum Gasteiger partial charge on any atom is -0.481 e. The monoisotopic (exact) mass is 214 g/mol. The number of carboxylic acids is 1. The first kappa shape index (κ1) is 10.7. The van der Waals surface area contributed by atoms with Gasteiger partial charge in [0.05, 0.1) is 12.2 Å². The van der Waals surface area contributed by atoms with Crippen molar-refractivity contribution in [3.05, 3.63) is 22.4 Å². The fraction of sp³-hybridized carbons (Fsp3) is 0.333. The number of esters is 1. The van der Waals surface area contributed by atoms with Crippen molar-refractivity contribution in [2.45, 2.75) is 12.8 Å². The van der Waals surface area contributed by atoms with Gasteiger partial charge in [-0.3, -0.25) is 4.79 Å². The van der Waals surface area contributed by atoms with Gasteiger partial charge in [-0.05, 0) is 17.9 Å². The zero-order valence-electron chi connectivity index (χ0n) is 7.43. The van der Waals surface area contributed by atoms with E-state index in [2.05, 4.69) is 0 Å². The third-order valence-corrected chi connectivity index (χ3v) is 2.21. The molecule has 0 amide bonds. The van der Waals surface area contributed by atoms with Gasteiger partial charge in [0.15, 0.2) is 0 Å². The molecular weight excluding hydrogens is 204 g/mol. The summed E-state index contributed by atoms with van der Waals surface area (Å²) in [7, 11) is 0. The van der Waals surface area contributed by atoms with Gasteiger partial charge < -0.3 is 9.84 Å². The number of hydrogen-bond donors (Lipinski definition) is 1. The van der Waals surface area contributed by atoms with Crippen LogP contribution < -0.4 is 0 Å². The van der Waals surface area contributed by atoms with Gasteiger partial charge in [-0.15, -0.1) is 0 Å². The Labute approximate surface area is 85.1 Å². The van der Waals surface area contributed by atoms with E-state index in [1.165, 1.54) is 11.3 Å². The van der Waals surface area contributed by atoms with Crippen LogP contribution in [0.5, 0.6) is 0 Å². The summed E-state index contributed by atoms with van der Waals surface area (Å²) in [5.74, 6) is -1.27. The maximum absolute atomic E-state index is 11.2. The summed E-state index contributed by atoms with van der Waals surface area (Å²) in [6.45, 7) is 0.154. The van der Waals surface area contributed by atoms with E-state index < -0.39 is 11.9 Å². The first-order chi connectivity index (χ1) is 6.70. The molecule has 5 heteroatoms. The molecule has 76 valence electrons. The van der Waals surface area contributed by atoms with Crippen LogP contribution in [0.15, 0.2) is 16.8 Å². The summed E-state index contributed by atoms with van der Waals surface area (Å²) in [6.07, 6.45) is 0.377. The van der Waals surface area contributed by atoms with Crippen molar-refractivity contribution >= 4 is 23.3 Å². The molecule has 0 bridgehead atoms. The summed E-state index contributed by atoms with van der Waals surface area (Å²) < 4.78 is 4.84. The molecule has 0 unspecified atom stereocenters. The summed E-state index contributed by atoms with van der Waals surface area (Å²) in [5.41, 5.74) is 0.519. The standard InChI is InChI=1S/C9H10O4S/c10-8(11)2-1-4-13-9(12)7-3-5-14-6-7/h3,5-6H,1-2,4H2,(H,10,11). The van der Waals surface area contributed by atoms with Crippen molar-refractivity contribution in [3.8, 4) is 0 Å². The van der Waals surface area contributed by atoms with E-state index in [0.717, 1.165) is 0 Å². The highest BCUT2D eigenvalue weighted by Crippen LogP contribution is 2.07. The van der Waals surface area contributed by atoms with E-state index in [-0.39, 0.29) is 13.0 Å². The van der Waals surface area contributed by atoms with Gasteiger partial charge in [0.25, 0.3) is 0 Å². The summed E-state index contributed by atoms with van der Waals surface area (Å²) >= 11 is 1.42. The van der Waals surface area contributed by atoms with Crippen molar-refractivity contribution in [2.24, 2.45) is 0 Å². The fourth-order valence-corrected chi connectivity index (χ4v) is 1.48. The van der Waals surface area contributed by atoms with E-state index in [1.807, 2.05) is 0 Å². The number of hydrogen-bond acceptors (Lipinski definition) is 4. The fourth-order valence-electron chi connectivity index (χ4n) is 0.852. The van der Waals surface area contributed by atoms with Crippen molar-refractivity contribution in [1.82, 2.24) is 0 Å². The highest BCUT2D eigenvalue weighted by atomic mass is 32.1. The molecule has 0 saturated carbocycles. The van der Waals surface area contributed by atoms with Gasteiger partial charge in [-0.2, -0.15) is 11.3 Å². The Morgan fingerprint density at radius 3 is 2.86 bits per heavy atom. The van der Waals surface area contributed by atoms with Gasteiger partial charge in [0.2, 0.25) is 0 Å². The molecule has 4 nitrogen and oxygen atoms in total. The molecule has 0 aliphatic carbocycles. The minimum absolute atomic E-state index is 0.0247.